The highest BCUT2D eigenvalue weighted by molar-refractivity contribution is 5.93. The van der Waals surface area contributed by atoms with E-state index >= 15 is 0 Å². The third-order valence-corrected chi connectivity index (χ3v) is 3.63. The van der Waals surface area contributed by atoms with Gasteiger partial charge in [0.15, 0.2) is 0 Å². The molecule has 0 amide bonds. The van der Waals surface area contributed by atoms with Crippen molar-refractivity contribution in [3.63, 3.8) is 0 Å². The lowest BCUT2D eigenvalue weighted by Crippen LogP contribution is -2.06. The summed E-state index contributed by atoms with van der Waals surface area (Å²) in [5.74, 6) is -0.656. The minimum absolute atomic E-state index is 0.184. The molecule has 0 aliphatic carbocycles. The summed E-state index contributed by atoms with van der Waals surface area (Å²) in [4.78, 5) is 15.4. The summed E-state index contributed by atoms with van der Waals surface area (Å²) in [7, 11) is 1.20. The fourth-order valence-corrected chi connectivity index (χ4v) is 2.48. The molecule has 1 aromatic heterocycles. The fourth-order valence-electron chi connectivity index (χ4n) is 2.48. The average molecular weight is 346 g/mol. The predicted molar refractivity (Wildman–Crippen MR) is 87.1 cm³/mol. The summed E-state index contributed by atoms with van der Waals surface area (Å²) >= 11 is 0. The molecule has 25 heavy (non-hydrogen) atoms. The van der Waals surface area contributed by atoms with E-state index < -0.39 is 17.7 Å². The Morgan fingerprint density at radius 3 is 2.56 bits per heavy atom. The minimum atomic E-state index is -4.52. The Balaban J connectivity index is 2.25. The molecular formula is C18H13F3N2O2. The van der Waals surface area contributed by atoms with Gasteiger partial charge in [-0.2, -0.15) is 13.2 Å². The Hall–Kier alpha value is -3.09. The zero-order chi connectivity index (χ0) is 18.0. The van der Waals surface area contributed by atoms with Gasteiger partial charge in [0.05, 0.1) is 23.7 Å². The Labute approximate surface area is 141 Å². The van der Waals surface area contributed by atoms with E-state index in [0.717, 1.165) is 23.9 Å². The zero-order valence-corrected chi connectivity index (χ0v) is 13.1. The van der Waals surface area contributed by atoms with Gasteiger partial charge in [0.1, 0.15) is 6.33 Å². The van der Waals surface area contributed by atoms with Crippen LogP contribution < -0.4 is 0 Å². The van der Waals surface area contributed by atoms with Gasteiger partial charge in [-0.25, -0.2) is 9.78 Å². The first-order chi connectivity index (χ1) is 11.9. The number of fused-ring (bicyclic) bond motifs is 1. The van der Waals surface area contributed by atoms with Crippen molar-refractivity contribution in [2.45, 2.75) is 6.18 Å². The van der Waals surface area contributed by atoms with E-state index in [2.05, 4.69) is 9.72 Å². The standard InChI is InChI=1S/C18H13F3N2O2/c1-25-16(24)8-7-12-9-13(18(19,20)21)10-15-17(12)23(11-22-15)14-5-3-2-4-6-14/h2-11H,1H3. The van der Waals surface area contributed by atoms with E-state index in [0.29, 0.717) is 5.52 Å². The van der Waals surface area contributed by atoms with Crippen molar-refractivity contribution >= 4 is 23.1 Å². The van der Waals surface area contributed by atoms with Crippen molar-refractivity contribution < 1.29 is 22.7 Å². The van der Waals surface area contributed by atoms with Crippen molar-refractivity contribution in [1.82, 2.24) is 9.55 Å². The molecule has 0 aliphatic heterocycles. The molecule has 7 heteroatoms. The van der Waals surface area contributed by atoms with Crippen LogP contribution in [0.15, 0.2) is 54.9 Å². The van der Waals surface area contributed by atoms with E-state index in [1.165, 1.54) is 19.5 Å². The van der Waals surface area contributed by atoms with Gasteiger partial charge in [0.2, 0.25) is 0 Å². The van der Waals surface area contributed by atoms with E-state index in [4.69, 9.17) is 0 Å². The quantitative estimate of drug-likeness (QED) is 0.527. The molecule has 2 aromatic carbocycles. The topological polar surface area (TPSA) is 44.1 Å². The molecule has 128 valence electrons. The summed E-state index contributed by atoms with van der Waals surface area (Å²) in [6.45, 7) is 0. The van der Waals surface area contributed by atoms with Gasteiger partial charge in [-0.15, -0.1) is 0 Å². The molecule has 0 N–H and O–H groups in total. The van der Waals surface area contributed by atoms with Crippen LogP contribution in [0.25, 0.3) is 22.8 Å². The highest BCUT2D eigenvalue weighted by atomic mass is 19.4. The Bertz CT molecular complexity index is 944. The van der Waals surface area contributed by atoms with E-state index in [9.17, 15) is 18.0 Å². The predicted octanol–water partition coefficient (Wildman–Crippen LogP) is 4.23. The summed E-state index contributed by atoms with van der Waals surface area (Å²) in [5.41, 5.74) is 0.791. The second-order valence-corrected chi connectivity index (χ2v) is 5.24. The van der Waals surface area contributed by atoms with Gasteiger partial charge < -0.3 is 4.74 Å². The van der Waals surface area contributed by atoms with Crippen LogP contribution in [0.1, 0.15) is 11.1 Å². The maximum absolute atomic E-state index is 13.1. The summed E-state index contributed by atoms with van der Waals surface area (Å²) in [6.07, 6.45) is -0.685. The van der Waals surface area contributed by atoms with Crippen LogP contribution in [-0.2, 0) is 15.7 Å². The van der Waals surface area contributed by atoms with Gasteiger partial charge in [0.25, 0.3) is 0 Å². The van der Waals surface area contributed by atoms with Crippen molar-refractivity contribution in [2.75, 3.05) is 7.11 Å². The first-order valence-corrected chi connectivity index (χ1v) is 7.30. The number of imidazole rings is 1. The van der Waals surface area contributed by atoms with Crippen LogP contribution in [0.5, 0.6) is 0 Å². The molecule has 0 saturated carbocycles. The highest BCUT2D eigenvalue weighted by Gasteiger charge is 2.31. The van der Waals surface area contributed by atoms with Crippen LogP contribution in [-0.4, -0.2) is 22.6 Å². The summed E-state index contributed by atoms with van der Waals surface area (Å²) in [6, 6.07) is 11.1. The molecule has 3 aromatic rings. The van der Waals surface area contributed by atoms with Crippen molar-refractivity contribution in [1.29, 1.82) is 0 Å². The molecule has 3 rings (SSSR count). The highest BCUT2D eigenvalue weighted by Crippen LogP contribution is 2.34. The van der Waals surface area contributed by atoms with Crippen LogP contribution in [0, 0.1) is 0 Å². The first kappa shape index (κ1) is 16.8. The number of aromatic nitrogens is 2. The molecule has 0 unspecified atom stereocenters. The number of rotatable bonds is 3. The van der Waals surface area contributed by atoms with E-state index in [1.54, 1.807) is 4.57 Å². The number of alkyl halides is 3. The second-order valence-electron chi connectivity index (χ2n) is 5.24. The molecule has 0 saturated heterocycles. The average Bonchev–Trinajstić information content (AvgIpc) is 3.03. The molecule has 0 aliphatic rings. The number of nitrogens with zero attached hydrogens (tertiary/aromatic N) is 2. The number of hydrogen-bond donors (Lipinski definition) is 0. The lowest BCUT2D eigenvalue weighted by atomic mass is 10.1. The Morgan fingerprint density at radius 1 is 1.20 bits per heavy atom. The molecule has 0 spiro atoms. The van der Waals surface area contributed by atoms with Crippen molar-refractivity contribution in [3.05, 3.63) is 66.0 Å². The van der Waals surface area contributed by atoms with Crippen LogP contribution in [0.4, 0.5) is 13.2 Å². The van der Waals surface area contributed by atoms with E-state index in [-0.39, 0.29) is 11.1 Å². The van der Waals surface area contributed by atoms with Crippen LogP contribution >= 0.6 is 0 Å². The summed E-state index contributed by atoms with van der Waals surface area (Å²) < 4.78 is 45.6. The maximum atomic E-state index is 13.1. The smallest absolute Gasteiger partial charge is 0.416 e. The Morgan fingerprint density at radius 2 is 1.92 bits per heavy atom. The second kappa shape index (κ2) is 6.43. The monoisotopic (exact) mass is 346 g/mol. The van der Waals surface area contributed by atoms with Crippen molar-refractivity contribution in [3.8, 4) is 5.69 Å². The van der Waals surface area contributed by atoms with Crippen LogP contribution in [0.3, 0.4) is 0 Å². The number of ether oxygens (including phenoxy) is 1. The number of methoxy groups -OCH3 is 1. The van der Waals surface area contributed by atoms with Gasteiger partial charge in [-0.3, -0.25) is 4.57 Å². The molecule has 0 bridgehead atoms. The third-order valence-electron chi connectivity index (χ3n) is 3.63. The number of para-hydroxylation sites is 1. The fraction of sp³-hybridized carbons (Fsp3) is 0.111. The van der Waals surface area contributed by atoms with Gasteiger partial charge in [-0.1, -0.05) is 18.2 Å². The normalized spacial score (nSPS) is 12.0. The maximum Gasteiger partial charge on any atom is 0.416 e. The lowest BCUT2D eigenvalue weighted by molar-refractivity contribution is -0.137. The van der Waals surface area contributed by atoms with Gasteiger partial charge in [0, 0.05) is 17.3 Å². The SMILES string of the molecule is COC(=O)C=Cc1cc(C(F)(F)F)cc2ncn(-c3ccccc3)c12. The number of carbonyl (C=O) groups excluding carboxylic acids is 1. The molecule has 0 fully saturated rings. The molecule has 4 nitrogen and oxygen atoms in total. The number of hydrogen-bond acceptors (Lipinski definition) is 3. The van der Waals surface area contributed by atoms with Gasteiger partial charge >= 0.3 is 12.1 Å². The molecule has 0 atom stereocenters. The van der Waals surface area contributed by atoms with Crippen molar-refractivity contribution in [2.24, 2.45) is 0 Å². The molecular weight excluding hydrogens is 333 g/mol. The number of esters is 1. The molecule has 1 heterocycles. The van der Waals surface area contributed by atoms with E-state index in [1.807, 2.05) is 30.3 Å². The third kappa shape index (κ3) is 3.40. The minimum Gasteiger partial charge on any atom is -0.466 e. The summed E-state index contributed by atoms with van der Waals surface area (Å²) in [5, 5.41) is 0. The number of carbonyl (C=O) groups is 1. The first-order valence-electron chi connectivity index (χ1n) is 7.30. The van der Waals surface area contributed by atoms with Crippen LogP contribution in [0.2, 0.25) is 0 Å². The number of benzene rings is 2. The Kier molecular flexibility index (Phi) is 4.31. The largest absolute Gasteiger partial charge is 0.466 e. The zero-order valence-electron chi connectivity index (χ0n) is 13.1. The van der Waals surface area contributed by atoms with Gasteiger partial charge in [-0.05, 0) is 30.3 Å². The number of halogens is 3. The molecule has 0 radical (unpaired) electrons. The lowest BCUT2D eigenvalue weighted by Gasteiger charge is -2.11.